The minimum Gasteiger partial charge on any atom is -0.492 e. The van der Waals surface area contributed by atoms with Gasteiger partial charge in [-0.2, -0.15) is 0 Å². The molecular weight excluding hydrogens is 207 g/mol. The van der Waals surface area contributed by atoms with Crippen LogP contribution in [0.3, 0.4) is 0 Å². The van der Waals surface area contributed by atoms with Crippen molar-refractivity contribution in [3.8, 4) is 5.75 Å². The molecule has 1 aromatic rings. The topological polar surface area (TPSA) is 9.23 Å². The van der Waals surface area contributed by atoms with E-state index < -0.39 is 0 Å². The second-order valence-corrected chi connectivity index (χ2v) is 4.09. The summed E-state index contributed by atoms with van der Waals surface area (Å²) in [6, 6.07) is 5.45. The number of rotatable bonds is 3. The Bertz CT molecular complexity index is 308. The molecule has 1 saturated carbocycles. The van der Waals surface area contributed by atoms with Gasteiger partial charge in [-0.15, -0.1) is 0 Å². The Morgan fingerprint density at radius 2 is 2.08 bits per heavy atom. The molecule has 0 amide bonds. The van der Waals surface area contributed by atoms with Crippen LogP contribution in [-0.2, 0) is 0 Å². The van der Waals surface area contributed by atoms with Gasteiger partial charge in [-0.25, -0.2) is 0 Å². The first kappa shape index (κ1) is 9.17. The normalized spacial score (nSPS) is 15.8. The van der Waals surface area contributed by atoms with E-state index in [2.05, 4.69) is 0 Å². The Balaban J connectivity index is 2.05. The van der Waals surface area contributed by atoms with Crippen LogP contribution in [0.15, 0.2) is 18.2 Å². The second kappa shape index (κ2) is 3.77. The molecule has 0 atom stereocenters. The van der Waals surface area contributed by atoms with Crippen molar-refractivity contribution in [3.63, 3.8) is 0 Å². The minimum atomic E-state index is 0.518. The van der Waals surface area contributed by atoms with Crippen molar-refractivity contribution in [2.75, 3.05) is 6.61 Å². The van der Waals surface area contributed by atoms with Crippen LogP contribution < -0.4 is 4.74 Å². The molecule has 1 aromatic carbocycles. The fourth-order valence-electron chi connectivity index (χ4n) is 1.09. The molecule has 0 heterocycles. The molecule has 13 heavy (non-hydrogen) atoms. The van der Waals surface area contributed by atoms with Crippen molar-refractivity contribution in [2.24, 2.45) is 5.92 Å². The Kier molecular flexibility index (Phi) is 2.66. The van der Waals surface area contributed by atoms with E-state index in [1.165, 1.54) is 12.8 Å². The minimum absolute atomic E-state index is 0.518. The third-order valence-electron chi connectivity index (χ3n) is 2.09. The van der Waals surface area contributed by atoms with E-state index in [4.69, 9.17) is 27.9 Å². The third-order valence-corrected chi connectivity index (χ3v) is 2.89. The molecule has 1 fully saturated rings. The molecular formula is C10H10Cl2O. The highest BCUT2D eigenvalue weighted by molar-refractivity contribution is 6.42. The summed E-state index contributed by atoms with van der Waals surface area (Å²) < 4.78 is 5.53. The summed E-state index contributed by atoms with van der Waals surface area (Å²) in [7, 11) is 0. The molecule has 1 aliphatic rings. The SMILES string of the molecule is Clc1cccc(OCC2CC2)c1Cl. The fraction of sp³-hybridized carbons (Fsp3) is 0.400. The average molecular weight is 217 g/mol. The standard InChI is InChI=1S/C10H10Cl2O/c11-8-2-1-3-9(10(8)12)13-6-7-4-5-7/h1-3,7H,4-6H2. The quantitative estimate of drug-likeness (QED) is 0.748. The van der Waals surface area contributed by atoms with Crippen LogP contribution in [0.2, 0.25) is 10.0 Å². The summed E-state index contributed by atoms with van der Waals surface area (Å²) in [4.78, 5) is 0. The van der Waals surface area contributed by atoms with Crippen molar-refractivity contribution in [1.82, 2.24) is 0 Å². The van der Waals surface area contributed by atoms with Gasteiger partial charge in [0.1, 0.15) is 10.8 Å². The average Bonchev–Trinajstić information content (AvgIpc) is 2.91. The highest BCUT2D eigenvalue weighted by Crippen LogP contribution is 2.34. The predicted octanol–water partition coefficient (Wildman–Crippen LogP) is 3.78. The first-order valence-electron chi connectivity index (χ1n) is 4.34. The predicted molar refractivity (Wildman–Crippen MR) is 54.7 cm³/mol. The lowest BCUT2D eigenvalue weighted by atomic mass is 10.3. The zero-order valence-corrected chi connectivity index (χ0v) is 8.61. The van der Waals surface area contributed by atoms with Gasteiger partial charge in [0.25, 0.3) is 0 Å². The number of hydrogen-bond donors (Lipinski definition) is 0. The molecule has 1 nitrogen and oxygen atoms in total. The molecule has 0 saturated heterocycles. The van der Waals surface area contributed by atoms with E-state index >= 15 is 0 Å². The number of halogens is 2. The van der Waals surface area contributed by atoms with Crippen molar-refractivity contribution in [2.45, 2.75) is 12.8 Å². The maximum Gasteiger partial charge on any atom is 0.139 e. The largest absolute Gasteiger partial charge is 0.492 e. The first-order valence-corrected chi connectivity index (χ1v) is 5.10. The van der Waals surface area contributed by atoms with Gasteiger partial charge >= 0.3 is 0 Å². The molecule has 0 bridgehead atoms. The molecule has 2 rings (SSSR count). The summed E-state index contributed by atoms with van der Waals surface area (Å²) >= 11 is 11.8. The van der Waals surface area contributed by atoms with Gasteiger partial charge in [0.2, 0.25) is 0 Å². The lowest BCUT2D eigenvalue weighted by molar-refractivity contribution is 0.300. The van der Waals surface area contributed by atoms with Crippen LogP contribution in [0.4, 0.5) is 0 Å². The van der Waals surface area contributed by atoms with Crippen LogP contribution in [0, 0.1) is 5.92 Å². The maximum absolute atomic E-state index is 5.94. The fourth-order valence-corrected chi connectivity index (χ4v) is 1.43. The lowest BCUT2D eigenvalue weighted by Crippen LogP contribution is -1.99. The van der Waals surface area contributed by atoms with E-state index in [1.807, 2.05) is 12.1 Å². The van der Waals surface area contributed by atoms with Crippen molar-refractivity contribution in [1.29, 1.82) is 0 Å². The maximum atomic E-state index is 5.94. The Hall–Kier alpha value is -0.400. The van der Waals surface area contributed by atoms with Crippen LogP contribution in [-0.4, -0.2) is 6.61 Å². The molecule has 0 N–H and O–H groups in total. The second-order valence-electron chi connectivity index (χ2n) is 3.31. The van der Waals surface area contributed by atoms with E-state index in [0.717, 1.165) is 12.5 Å². The van der Waals surface area contributed by atoms with Crippen LogP contribution in [0.5, 0.6) is 5.75 Å². The molecule has 0 radical (unpaired) electrons. The molecule has 70 valence electrons. The van der Waals surface area contributed by atoms with E-state index in [9.17, 15) is 0 Å². The summed E-state index contributed by atoms with van der Waals surface area (Å²) in [6.07, 6.45) is 2.55. The number of hydrogen-bond acceptors (Lipinski definition) is 1. The van der Waals surface area contributed by atoms with Gasteiger partial charge in [0.05, 0.1) is 11.6 Å². The van der Waals surface area contributed by atoms with Gasteiger partial charge in [-0.3, -0.25) is 0 Å². The summed E-state index contributed by atoms with van der Waals surface area (Å²) in [6.45, 7) is 0.764. The van der Waals surface area contributed by atoms with Crippen molar-refractivity contribution >= 4 is 23.2 Å². The summed E-state index contributed by atoms with van der Waals surface area (Å²) in [5, 5.41) is 1.07. The van der Waals surface area contributed by atoms with Crippen molar-refractivity contribution in [3.05, 3.63) is 28.2 Å². The first-order chi connectivity index (χ1) is 6.27. The zero-order chi connectivity index (χ0) is 9.26. The number of benzene rings is 1. The van der Waals surface area contributed by atoms with E-state index in [1.54, 1.807) is 6.07 Å². The Morgan fingerprint density at radius 1 is 1.31 bits per heavy atom. The van der Waals surface area contributed by atoms with Gasteiger partial charge in [-0.1, -0.05) is 29.3 Å². The Morgan fingerprint density at radius 3 is 2.77 bits per heavy atom. The van der Waals surface area contributed by atoms with Gasteiger partial charge in [0, 0.05) is 0 Å². The molecule has 0 aromatic heterocycles. The van der Waals surface area contributed by atoms with E-state index in [0.29, 0.717) is 15.8 Å². The van der Waals surface area contributed by atoms with Crippen molar-refractivity contribution < 1.29 is 4.74 Å². The van der Waals surface area contributed by atoms with E-state index in [-0.39, 0.29) is 0 Å². The smallest absolute Gasteiger partial charge is 0.139 e. The number of ether oxygens (including phenoxy) is 1. The highest BCUT2D eigenvalue weighted by Gasteiger charge is 2.22. The molecule has 1 aliphatic carbocycles. The highest BCUT2D eigenvalue weighted by atomic mass is 35.5. The van der Waals surface area contributed by atoms with Crippen LogP contribution in [0.25, 0.3) is 0 Å². The third kappa shape index (κ3) is 2.29. The summed E-state index contributed by atoms with van der Waals surface area (Å²) in [5.41, 5.74) is 0. The van der Waals surface area contributed by atoms with Gasteiger partial charge < -0.3 is 4.74 Å². The van der Waals surface area contributed by atoms with Gasteiger partial charge in [0.15, 0.2) is 0 Å². The molecule has 0 aliphatic heterocycles. The summed E-state index contributed by atoms with van der Waals surface area (Å²) in [5.74, 6) is 1.43. The van der Waals surface area contributed by atoms with Gasteiger partial charge in [-0.05, 0) is 30.9 Å². The monoisotopic (exact) mass is 216 g/mol. The van der Waals surface area contributed by atoms with Crippen LogP contribution in [0.1, 0.15) is 12.8 Å². The Labute approximate surface area is 87.6 Å². The molecule has 3 heteroatoms. The lowest BCUT2D eigenvalue weighted by Gasteiger charge is -2.07. The molecule has 0 unspecified atom stereocenters. The zero-order valence-electron chi connectivity index (χ0n) is 7.09. The van der Waals surface area contributed by atoms with Crippen LogP contribution >= 0.6 is 23.2 Å². The molecule has 0 spiro atoms.